The van der Waals surface area contributed by atoms with Crippen LogP contribution in [0.4, 0.5) is 4.79 Å². The molecule has 0 radical (unpaired) electrons. The number of carboxylic acids is 2. The fraction of sp³-hybridized carbons (Fsp3) is 0.318. The zero-order valence-corrected chi connectivity index (χ0v) is 16.5. The average molecular weight is 414 g/mol. The van der Waals surface area contributed by atoms with E-state index in [9.17, 15) is 19.5 Å². The quantitative estimate of drug-likeness (QED) is 0.548. The van der Waals surface area contributed by atoms with Crippen LogP contribution in [0, 0.1) is 0 Å². The van der Waals surface area contributed by atoms with Gasteiger partial charge in [-0.15, -0.1) is 0 Å². The van der Waals surface area contributed by atoms with Gasteiger partial charge in [-0.25, -0.2) is 9.59 Å². The van der Waals surface area contributed by atoms with Crippen LogP contribution in [0.1, 0.15) is 24.0 Å². The van der Waals surface area contributed by atoms with Gasteiger partial charge < -0.3 is 25.6 Å². The van der Waals surface area contributed by atoms with Gasteiger partial charge in [0.05, 0.1) is 0 Å². The second-order valence-corrected chi connectivity index (χ2v) is 6.77. The van der Waals surface area contributed by atoms with Crippen LogP contribution in [0.3, 0.4) is 0 Å². The van der Waals surface area contributed by atoms with Crippen LogP contribution in [0.2, 0.25) is 0 Å². The van der Waals surface area contributed by atoms with Gasteiger partial charge >= 0.3 is 18.0 Å². The summed E-state index contributed by atoms with van der Waals surface area (Å²) in [6.45, 7) is 0.960. The monoisotopic (exact) mass is 414 g/mol. The summed E-state index contributed by atoms with van der Waals surface area (Å²) >= 11 is 0. The highest BCUT2D eigenvalue weighted by Crippen LogP contribution is 2.05. The largest absolute Gasteiger partial charge is 0.480 e. The van der Waals surface area contributed by atoms with Crippen LogP contribution in [-0.4, -0.2) is 46.9 Å². The van der Waals surface area contributed by atoms with Gasteiger partial charge in [0.1, 0.15) is 18.7 Å². The minimum absolute atomic E-state index is 0.102. The van der Waals surface area contributed by atoms with E-state index >= 15 is 0 Å². The van der Waals surface area contributed by atoms with E-state index in [1.807, 2.05) is 60.7 Å². The average Bonchev–Trinajstić information content (AvgIpc) is 3.29. The number of benzene rings is 2. The topological polar surface area (TPSA) is 125 Å². The van der Waals surface area contributed by atoms with Gasteiger partial charge in [-0.05, 0) is 30.5 Å². The predicted molar refractivity (Wildman–Crippen MR) is 110 cm³/mol. The zero-order valence-electron chi connectivity index (χ0n) is 16.5. The second kappa shape index (κ2) is 12.2. The van der Waals surface area contributed by atoms with Crippen LogP contribution in [0.25, 0.3) is 0 Å². The van der Waals surface area contributed by atoms with Gasteiger partial charge in [-0.2, -0.15) is 0 Å². The van der Waals surface area contributed by atoms with E-state index in [1.165, 1.54) is 0 Å². The van der Waals surface area contributed by atoms with E-state index in [4.69, 9.17) is 9.84 Å². The van der Waals surface area contributed by atoms with E-state index in [0.717, 1.165) is 30.5 Å². The highest BCUT2D eigenvalue weighted by atomic mass is 16.5. The number of nitrogens with one attached hydrogen (secondary N) is 2. The summed E-state index contributed by atoms with van der Waals surface area (Å²) in [5.74, 6) is -1.82. The Kier molecular flexibility index (Phi) is 9.33. The summed E-state index contributed by atoms with van der Waals surface area (Å²) in [6, 6.07) is 17.0. The standard InChI is InChI=1S/C17H17NO4.C5H9NO2/c19-16(20)15(11-13-7-3-1-4-8-13)18-17(21)22-12-14-9-5-2-6-10-14;7-5(8)4-2-1-3-6-4/h1-10,15H,11-12H2,(H,18,21)(H,19,20);4,6H,1-3H2,(H,7,8)/t15-;4-/m10/s1. The normalized spacial score (nSPS) is 15.9. The summed E-state index contributed by atoms with van der Waals surface area (Å²) in [4.78, 5) is 33.1. The molecule has 2 aromatic carbocycles. The van der Waals surface area contributed by atoms with Crippen molar-refractivity contribution in [3.05, 3.63) is 71.8 Å². The van der Waals surface area contributed by atoms with Crippen molar-refractivity contribution < 1.29 is 29.3 Å². The molecule has 0 bridgehead atoms. The lowest BCUT2D eigenvalue weighted by Gasteiger charge is -2.14. The molecule has 8 heteroatoms. The van der Waals surface area contributed by atoms with Crippen molar-refractivity contribution in [2.75, 3.05) is 6.54 Å². The first-order valence-corrected chi connectivity index (χ1v) is 9.66. The minimum Gasteiger partial charge on any atom is -0.480 e. The maximum Gasteiger partial charge on any atom is 0.408 e. The molecule has 1 saturated heterocycles. The van der Waals surface area contributed by atoms with E-state index in [-0.39, 0.29) is 19.1 Å². The van der Waals surface area contributed by atoms with Gasteiger partial charge in [0, 0.05) is 6.42 Å². The lowest BCUT2D eigenvalue weighted by Crippen LogP contribution is -2.42. The fourth-order valence-electron chi connectivity index (χ4n) is 2.85. The van der Waals surface area contributed by atoms with E-state index in [2.05, 4.69) is 10.6 Å². The number of amides is 1. The van der Waals surface area contributed by atoms with Gasteiger partial charge in [-0.3, -0.25) is 4.79 Å². The summed E-state index contributed by atoms with van der Waals surface area (Å²) in [6.07, 6.45) is 1.25. The number of ether oxygens (including phenoxy) is 1. The number of carbonyl (C=O) groups is 3. The molecule has 160 valence electrons. The number of rotatable bonds is 7. The Hall–Kier alpha value is -3.39. The lowest BCUT2D eigenvalue weighted by molar-refractivity contribution is -0.140. The Morgan fingerprint density at radius 1 is 1.00 bits per heavy atom. The third-order valence-corrected chi connectivity index (χ3v) is 4.44. The Labute approximate surface area is 174 Å². The molecule has 1 fully saturated rings. The molecular weight excluding hydrogens is 388 g/mol. The van der Waals surface area contributed by atoms with Crippen molar-refractivity contribution >= 4 is 18.0 Å². The molecule has 1 aliphatic heterocycles. The number of hydrogen-bond acceptors (Lipinski definition) is 5. The molecule has 0 saturated carbocycles. The Bertz CT molecular complexity index is 807. The molecule has 1 aliphatic rings. The SMILES string of the molecule is O=C(N[C@H](Cc1ccccc1)C(=O)O)OCc1ccccc1.O=C(O)[C@@H]1CCCN1. The number of carboxylic acid groups (broad SMARTS) is 2. The van der Waals surface area contributed by atoms with Crippen LogP contribution in [0.15, 0.2) is 60.7 Å². The highest BCUT2D eigenvalue weighted by molar-refractivity contribution is 5.80. The molecule has 4 N–H and O–H groups in total. The molecule has 30 heavy (non-hydrogen) atoms. The highest BCUT2D eigenvalue weighted by Gasteiger charge is 2.21. The predicted octanol–water partition coefficient (Wildman–Crippen LogP) is 2.43. The van der Waals surface area contributed by atoms with Crippen molar-refractivity contribution in [2.24, 2.45) is 0 Å². The van der Waals surface area contributed by atoms with Crippen molar-refractivity contribution in [3.63, 3.8) is 0 Å². The molecule has 2 aromatic rings. The molecule has 0 unspecified atom stereocenters. The summed E-state index contributed by atoms with van der Waals surface area (Å²) in [5.41, 5.74) is 1.67. The van der Waals surface area contributed by atoms with Gasteiger partial charge in [0.15, 0.2) is 0 Å². The Morgan fingerprint density at radius 3 is 2.07 bits per heavy atom. The summed E-state index contributed by atoms with van der Waals surface area (Å²) in [5, 5.41) is 22.8. The number of aliphatic carboxylic acids is 2. The number of hydrogen-bond donors (Lipinski definition) is 4. The van der Waals surface area contributed by atoms with Crippen molar-refractivity contribution in [1.29, 1.82) is 0 Å². The first kappa shape index (κ1) is 22.9. The van der Waals surface area contributed by atoms with Gasteiger partial charge in [0.25, 0.3) is 0 Å². The molecule has 1 heterocycles. The van der Waals surface area contributed by atoms with Crippen LogP contribution in [-0.2, 0) is 27.4 Å². The smallest absolute Gasteiger partial charge is 0.408 e. The molecule has 2 atom stereocenters. The lowest BCUT2D eigenvalue weighted by atomic mass is 10.1. The van der Waals surface area contributed by atoms with Crippen LogP contribution >= 0.6 is 0 Å². The van der Waals surface area contributed by atoms with E-state index < -0.39 is 24.1 Å². The van der Waals surface area contributed by atoms with Crippen molar-refractivity contribution in [3.8, 4) is 0 Å². The minimum atomic E-state index is -1.10. The maximum atomic E-state index is 11.7. The molecule has 0 spiro atoms. The third-order valence-electron chi connectivity index (χ3n) is 4.44. The molecule has 0 aromatic heterocycles. The van der Waals surface area contributed by atoms with Crippen LogP contribution in [0.5, 0.6) is 0 Å². The molecule has 8 nitrogen and oxygen atoms in total. The molecule has 1 amide bonds. The van der Waals surface area contributed by atoms with Gasteiger partial charge in [-0.1, -0.05) is 60.7 Å². The Balaban J connectivity index is 0.000000335. The summed E-state index contributed by atoms with van der Waals surface area (Å²) < 4.78 is 5.03. The first-order chi connectivity index (χ1) is 14.5. The summed E-state index contributed by atoms with van der Waals surface area (Å²) in [7, 11) is 0. The van der Waals surface area contributed by atoms with E-state index in [1.54, 1.807) is 0 Å². The fourth-order valence-corrected chi connectivity index (χ4v) is 2.85. The third kappa shape index (κ3) is 8.32. The zero-order chi connectivity index (χ0) is 21.8. The number of alkyl carbamates (subject to hydrolysis) is 1. The van der Waals surface area contributed by atoms with Gasteiger partial charge in [0.2, 0.25) is 0 Å². The molecule has 3 rings (SSSR count). The second-order valence-electron chi connectivity index (χ2n) is 6.77. The number of carbonyl (C=O) groups excluding carboxylic acids is 1. The van der Waals surface area contributed by atoms with Crippen molar-refractivity contribution in [2.45, 2.75) is 38.0 Å². The Morgan fingerprint density at radius 2 is 1.60 bits per heavy atom. The maximum absolute atomic E-state index is 11.7. The van der Waals surface area contributed by atoms with Crippen LogP contribution < -0.4 is 10.6 Å². The van der Waals surface area contributed by atoms with E-state index in [0.29, 0.717) is 0 Å². The molecular formula is C22H26N2O6. The van der Waals surface area contributed by atoms with Crippen molar-refractivity contribution in [1.82, 2.24) is 10.6 Å². The first-order valence-electron chi connectivity index (χ1n) is 9.66. The molecule has 0 aliphatic carbocycles.